The highest BCUT2D eigenvalue weighted by Gasteiger charge is 2.37. The summed E-state index contributed by atoms with van der Waals surface area (Å²) in [5.41, 5.74) is -0.335. The molecule has 9 heteroatoms. The van der Waals surface area contributed by atoms with Gasteiger partial charge in [0.2, 0.25) is 5.91 Å². The molecule has 0 aliphatic heterocycles. The Kier molecular flexibility index (Phi) is 13.2. The van der Waals surface area contributed by atoms with Gasteiger partial charge in [-0.15, -0.1) is 0 Å². The summed E-state index contributed by atoms with van der Waals surface area (Å²) < 4.78 is 17.8. The highest BCUT2D eigenvalue weighted by atomic mass is 79.9. The standard InChI is InChI=1S/C40H52BrNO7/c1-26(33(28-18-20-31(41)21-19-28)22-29-16-13-15-27-14-11-12-17-32(27)29)42(25-36(45)48-39(5,6)7)34(43)23-30(37(46)49-40(8,9)10)24-35(44)47-38(2,3)4/h11-21,26,30,33H,22-25H2,1-10H3. The van der Waals surface area contributed by atoms with Crippen LogP contribution in [-0.4, -0.2) is 58.1 Å². The topological polar surface area (TPSA) is 99.2 Å². The van der Waals surface area contributed by atoms with Crippen LogP contribution in [0, 0.1) is 5.92 Å². The molecule has 0 saturated heterocycles. The Morgan fingerprint density at radius 1 is 0.694 bits per heavy atom. The van der Waals surface area contributed by atoms with Crippen LogP contribution in [0.15, 0.2) is 71.2 Å². The number of benzene rings is 3. The van der Waals surface area contributed by atoms with Crippen molar-refractivity contribution in [3.05, 3.63) is 82.3 Å². The summed E-state index contributed by atoms with van der Waals surface area (Å²) in [5, 5.41) is 2.21. The lowest BCUT2D eigenvalue weighted by atomic mass is 9.84. The molecule has 3 aromatic carbocycles. The van der Waals surface area contributed by atoms with Gasteiger partial charge in [0.1, 0.15) is 23.3 Å². The zero-order valence-electron chi connectivity index (χ0n) is 30.6. The average Bonchev–Trinajstić information content (AvgIpc) is 2.96. The van der Waals surface area contributed by atoms with E-state index in [-0.39, 0.29) is 25.3 Å². The lowest BCUT2D eigenvalue weighted by Gasteiger charge is -2.36. The van der Waals surface area contributed by atoms with Gasteiger partial charge in [0.15, 0.2) is 0 Å². The van der Waals surface area contributed by atoms with E-state index in [0.29, 0.717) is 6.42 Å². The van der Waals surface area contributed by atoms with Gasteiger partial charge in [0.25, 0.3) is 0 Å². The Morgan fingerprint density at radius 3 is 1.84 bits per heavy atom. The number of fused-ring (bicyclic) bond motifs is 1. The molecule has 0 N–H and O–H groups in total. The van der Waals surface area contributed by atoms with Crippen LogP contribution in [0.1, 0.15) is 99.1 Å². The summed E-state index contributed by atoms with van der Waals surface area (Å²) in [7, 11) is 0. The molecule has 8 nitrogen and oxygen atoms in total. The number of ether oxygens (including phenoxy) is 3. The van der Waals surface area contributed by atoms with Crippen LogP contribution in [0.5, 0.6) is 0 Å². The van der Waals surface area contributed by atoms with Gasteiger partial charge in [0, 0.05) is 22.9 Å². The summed E-state index contributed by atoms with van der Waals surface area (Å²) in [4.78, 5) is 55.7. The monoisotopic (exact) mass is 737 g/mol. The molecule has 0 aliphatic rings. The minimum absolute atomic E-state index is 0.254. The van der Waals surface area contributed by atoms with Crippen LogP contribution in [-0.2, 0) is 39.8 Å². The second-order valence-corrected chi connectivity index (χ2v) is 16.5. The van der Waals surface area contributed by atoms with Crippen molar-refractivity contribution in [3.63, 3.8) is 0 Å². The number of hydrogen-bond acceptors (Lipinski definition) is 7. The number of hydrogen-bond donors (Lipinski definition) is 0. The Hall–Kier alpha value is -3.72. The summed E-state index contributed by atoms with van der Waals surface area (Å²) in [6, 6.07) is 21.7. The maximum Gasteiger partial charge on any atom is 0.326 e. The van der Waals surface area contributed by atoms with Gasteiger partial charge in [-0.25, -0.2) is 0 Å². The normalized spacial score (nSPS) is 14.0. The molecule has 0 aliphatic carbocycles. The first-order valence-corrected chi connectivity index (χ1v) is 17.6. The van der Waals surface area contributed by atoms with Crippen molar-refractivity contribution in [1.29, 1.82) is 0 Å². The molecule has 0 fully saturated rings. The molecule has 0 saturated carbocycles. The third-order valence-electron chi connectivity index (χ3n) is 7.73. The molecule has 3 atom stereocenters. The maximum absolute atomic E-state index is 14.4. The fraction of sp³-hybridized carbons (Fsp3) is 0.500. The lowest BCUT2D eigenvalue weighted by molar-refractivity contribution is -0.169. The minimum atomic E-state index is -1.13. The first-order chi connectivity index (χ1) is 22.6. The fourth-order valence-electron chi connectivity index (χ4n) is 5.71. The zero-order valence-corrected chi connectivity index (χ0v) is 32.2. The van der Waals surface area contributed by atoms with Crippen molar-refractivity contribution < 1.29 is 33.4 Å². The number of rotatable bonds is 12. The maximum atomic E-state index is 14.4. The Labute approximate surface area is 300 Å². The van der Waals surface area contributed by atoms with Crippen molar-refractivity contribution in [1.82, 2.24) is 4.90 Å². The second-order valence-electron chi connectivity index (χ2n) is 15.6. The van der Waals surface area contributed by atoms with Crippen LogP contribution < -0.4 is 0 Å². The predicted molar refractivity (Wildman–Crippen MR) is 196 cm³/mol. The van der Waals surface area contributed by atoms with Crippen LogP contribution in [0.3, 0.4) is 0 Å². The van der Waals surface area contributed by atoms with Crippen LogP contribution in [0.4, 0.5) is 0 Å². The van der Waals surface area contributed by atoms with Gasteiger partial charge in [-0.05, 0) is 110 Å². The Morgan fingerprint density at radius 2 is 1.24 bits per heavy atom. The van der Waals surface area contributed by atoms with E-state index in [1.165, 1.54) is 4.90 Å². The molecule has 1 amide bonds. The van der Waals surface area contributed by atoms with Gasteiger partial charge < -0.3 is 19.1 Å². The number of amides is 1. The lowest BCUT2D eigenvalue weighted by Crippen LogP contribution is -2.47. The highest BCUT2D eigenvalue weighted by molar-refractivity contribution is 9.10. The first-order valence-electron chi connectivity index (χ1n) is 16.8. The van der Waals surface area contributed by atoms with E-state index >= 15 is 0 Å². The number of esters is 3. The molecular weight excluding hydrogens is 686 g/mol. The fourth-order valence-corrected chi connectivity index (χ4v) is 5.97. The summed E-state index contributed by atoms with van der Waals surface area (Å²) in [5.74, 6) is -3.73. The number of carbonyl (C=O) groups excluding carboxylic acids is 4. The summed E-state index contributed by atoms with van der Waals surface area (Å²) >= 11 is 3.54. The largest absolute Gasteiger partial charge is 0.460 e. The third-order valence-corrected chi connectivity index (χ3v) is 8.25. The quantitative estimate of drug-likeness (QED) is 0.136. The van der Waals surface area contributed by atoms with Gasteiger partial charge in [-0.3, -0.25) is 19.2 Å². The second kappa shape index (κ2) is 16.3. The molecule has 3 unspecified atom stereocenters. The number of carbonyl (C=O) groups is 4. The molecule has 49 heavy (non-hydrogen) atoms. The highest BCUT2D eigenvalue weighted by Crippen LogP contribution is 2.33. The minimum Gasteiger partial charge on any atom is -0.460 e. The van der Waals surface area contributed by atoms with E-state index in [1.54, 1.807) is 62.3 Å². The number of halogens is 1. The first kappa shape index (κ1) is 39.7. The van der Waals surface area contributed by atoms with E-state index in [1.807, 2.05) is 49.4 Å². The molecule has 0 spiro atoms. The molecule has 3 rings (SSSR count). The Bertz CT molecular complexity index is 1610. The summed E-state index contributed by atoms with van der Waals surface area (Å²) in [6.45, 7) is 17.3. The number of nitrogens with zero attached hydrogens (tertiary/aromatic N) is 1. The molecule has 0 bridgehead atoms. The van der Waals surface area contributed by atoms with Crippen molar-refractivity contribution in [2.75, 3.05) is 6.54 Å². The average molecular weight is 739 g/mol. The molecule has 0 radical (unpaired) electrons. The van der Waals surface area contributed by atoms with E-state index in [4.69, 9.17) is 14.2 Å². The smallest absolute Gasteiger partial charge is 0.326 e. The van der Waals surface area contributed by atoms with E-state index in [2.05, 4.69) is 40.2 Å². The van der Waals surface area contributed by atoms with Crippen LogP contribution in [0.2, 0.25) is 0 Å². The van der Waals surface area contributed by atoms with Crippen molar-refractivity contribution in [2.24, 2.45) is 5.92 Å². The third kappa shape index (κ3) is 12.9. The van der Waals surface area contributed by atoms with E-state index in [9.17, 15) is 19.2 Å². The van der Waals surface area contributed by atoms with Gasteiger partial charge in [-0.1, -0.05) is 70.5 Å². The van der Waals surface area contributed by atoms with Crippen molar-refractivity contribution in [2.45, 2.75) is 117 Å². The van der Waals surface area contributed by atoms with Crippen LogP contribution in [0.25, 0.3) is 10.8 Å². The predicted octanol–water partition coefficient (Wildman–Crippen LogP) is 8.57. The Balaban J connectivity index is 2.07. The SMILES string of the molecule is CC(C(Cc1cccc2ccccc12)c1ccc(Br)cc1)N(CC(=O)OC(C)(C)C)C(=O)CC(CC(=O)OC(C)(C)C)C(=O)OC(C)(C)C. The molecule has 266 valence electrons. The summed E-state index contributed by atoms with van der Waals surface area (Å²) in [6.07, 6.45) is -0.142. The van der Waals surface area contributed by atoms with Crippen molar-refractivity contribution in [3.8, 4) is 0 Å². The van der Waals surface area contributed by atoms with E-state index in [0.717, 1.165) is 26.4 Å². The van der Waals surface area contributed by atoms with Gasteiger partial charge >= 0.3 is 17.9 Å². The molecule has 0 heterocycles. The van der Waals surface area contributed by atoms with E-state index < -0.39 is 52.6 Å². The molecule has 0 aromatic heterocycles. The van der Waals surface area contributed by atoms with Gasteiger partial charge in [-0.2, -0.15) is 0 Å². The molecular formula is C40H52BrNO7. The van der Waals surface area contributed by atoms with Crippen molar-refractivity contribution >= 4 is 50.5 Å². The zero-order chi connectivity index (χ0) is 36.7. The van der Waals surface area contributed by atoms with Gasteiger partial charge in [0.05, 0.1) is 12.3 Å². The van der Waals surface area contributed by atoms with Crippen LogP contribution >= 0.6 is 15.9 Å². The molecule has 3 aromatic rings.